The second-order valence-corrected chi connectivity index (χ2v) is 11.2. The Hall–Kier alpha value is -2.78. The van der Waals surface area contributed by atoms with E-state index in [4.69, 9.17) is 14.2 Å². The minimum Gasteiger partial charge on any atom is -0.495 e. The van der Waals surface area contributed by atoms with E-state index >= 15 is 0 Å². The first-order valence-electron chi connectivity index (χ1n) is 11.6. The molecule has 1 fully saturated rings. The summed E-state index contributed by atoms with van der Waals surface area (Å²) in [5, 5.41) is 2.95. The van der Waals surface area contributed by atoms with Crippen molar-refractivity contribution in [1.29, 1.82) is 0 Å². The van der Waals surface area contributed by atoms with Crippen LogP contribution in [0.3, 0.4) is 0 Å². The van der Waals surface area contributed by atoms with Crippen molar-refractivity contribution < 1.29 is 27.4 Å². The van der Waals surface area contributed by atoms with Crippen LogP contribution in [0.25, 0.3) is 0 Å². The molecule has 0 aromatic heterocycles. The lowest BCUT2D eigenvalue weighted by atomic mass is 9.84. The maximum atomic E-state index is 13.4. The van der Waals surface area contributed by atoms with E-state index in [1.54, 1.807) is 12.1 Å². The van der Waals surface area contributed by atoms with E-state index in [0.717, 1.165) is 31.2 Å². The number of methoxy groups -OCH3 is 1. The van der Waals surface area contributed by atoms with Crippen LogP contribution in [0.15, 0.2) is 41.3 Å². The molecule has 0 unspecified atom stereocenters. The van der Waals surface area contributed by atoms with Crippen molar-refractivity contribution in [2.75, 3.05) is 33.5 Å². The molecule has 2 aromatic carbocycles. The molecule has 2 aliphatic heterocycles. The Morgan fingerprint density at radius 3 is 2.44 bits per heavy atom. The summed E-state index contributed by atoms with van der Waals surface area (Å²) in [6.07, 6.45) is 3.70. The van der Waals surface area contributed by atoms with Gasteiger partial charge in [0.2, 0.25) is 16.8 Å². The molecular formula is C25H32N2O6S. The molecule has 2 heterocycles. The number of hydrogen-bond donors (Lipinski definition) is 1. The Morgan fingerprint density at radius 1 is 1.03 bits per heavy atom. The summed E-state index contributed by atoms with van der Waals surface area (Å²) in [7, 11) is -2.34. The average molecular weight is 489 g/mol. The molecule has 2 aromatic rings. The maximum Gasteiger partial charge on any atom is 0.251 e. The number of sulfonamides is 1. The van der Waals surface area contributed by atoms with Crippen molar-refractivity contribution in [2.24, 2.45) is 0 Å². The van der Waals surface area contributed by atoms with E-state index in [-0.39, 0.29) is 34.3 Å². The Balaban J connectivity index is 1.52. The van der Waals surface area contributed by atoms with Crippen LogP contribution >= 0.6 is 0 Å². The second kappa shape index (κ2) is 9.84. The summed E-state index contributed by atoms with van der Waals surface area (Å²) in [5.74, 6) is 1.29. The topological polar surface area (TPSA) is 94.2 Å². The highest BCUT2D eigenvalue weighted by Gasteiger charge is 2.30. The molecule has 1 saturated heterocycles. The minimum atomic E-state index is -3.77. The molecule has 2 aliphatic rings. The number of nitrogens with one attached hydrogen (secondary N) is 1. The van der Waals surface area contributed by atoms with Crippen LogP contribution in [0, 0.1) is 0 Å². The van der Waals surface area contributed by atoms with Gasteiger partial charge in [0.25, 0.3) is 5.91 Å². The maximum absolute atomic E-state index is 13.4. The van der Waals surface area contributed by atoms with Gasteiger partial charge in [-0.1, -0.05) is 32.8 Å². The minimum absolute atomic E-state index is 0.0274. The van der Waals surface area contributed by atoms with Crippen molar-refractivity contribution in [3.05, 3.63) is 47.5 Å². The molecule has 1 amide bonds. The van der Waals surface area contributed by atoms with Gasteiger partial charge in [-0.15, -0.1) is 0 Å². The van der Waals surface area contributed by atoms with Crippen LogP contribution in [0.1, 0.15) is 55.5 Å². The molecule has 0 radical (unpaired) electrons. The number of carbonyl (C=O) groups excluding carboxylic acids is 1. The predicted octanol–water partition coefficient (Wildman–Crippen LogP) is 3.70. The summed E-state index contributed by atoms with van der Waals surface area (Å²) in [4.78, 5) is 13.0. The van der Waals surface area contributed by atoms with Crippen LogP contribution in [-0.4, -0.2) is 52.2 Å². The van der Waals surface area contributed by atoms with Gasteiger partial charge in [0.1, 0.15) is 10.6 Å². The van der Waals surface area contributed by atoms with Gasteiger partial charge in [0.05, 0.1) is 7.11 Å². The number of fused-ring (bicyclic) bond motifs is 1. The molecule has 0 atom stereocenters. The zero-order chi connectivity index (χ0) is 24.3. The first-order chi connectivity index (χ1) is 16.2. The fraction of sp³-hybridized carbons (Fsp3) is 0.480. The van der Waals surface area contributed by atoms with Crippen LogP contribution in [-0.2, 0) is 15.4 Å². The molecule has 0 aliphatic carbocycles. The third-order valence-electron chi connectivity index (χ3n) is 6.45. The Bertz CT molecular complexity index is 1150. The first kappa shape index (κ1) is 24.3. The number of rotatable bonds is 7. The van der Waals surface area contributed by atoms with Gasteiger partial charge in [-0.2, -0.15) is 4.31 Å². The van der Waals surface area contributed by atoms with E-state index in [1.165, 1.54) is 17.5 Å². The van der Waals surface area contributed by atoms with Crippen molar-refractivity contribution in [3.8, 4) is 17.2 Å². The van der Waals surface area contributed by atoms with Crippen LogP contribution in [0.5, 0.6) is 17.2 Å². The SMILES string of the molecule is COc1ccc(C(=O)NCC(C)(C)c2ccc3c(c2)OCO3)cc1S(=O)(=O)N1CCCCCC1. The monoisotopic (exact) mass is 488 g/mol. The highest BCUT2D eigenvalue weighted by Crippen LogP contribution is 2.36. The zero-order valence-electron chi connectivity index (χ0n) is 19.9. The quantitative estimate of drug-likeness (QED) is 0.639. The molecule has 1 N–H and O–H groups in total. The summed E-state index contributed by atoms with van der Waals surface area (Å²) in [6, 6.07) is 10.3. The smallest absolute Gasteiger partial charge is 0.251 e. The van der Waals surface area contributed by atoms with Gasteiger partial charge in [-0.3, -0.25) is 4.79 Å². The number of benzene rings is 2. The first-order valence-corrected chi connectivity index (χ1v) is 13.0. The number of ether oxygens (including phenoxy) is 3. The number of carbonyl (C=O) groups is 1. The molecule has 0 spiro atoms. The number of hydrogen-bond acceptors (Lipinski definition) is 6. The third kappa shape index (κ3) is 5.00. The second-order valence-electron chi connectivity index (χ2n) is 9.32. The van der Waals surface area contributed by atoms with E-state index in [0.29, 0.717) is 31.1 Å². The Morgan fingerprint density at radius 2 is 1.74 bits per heavy atom. The molecule has 0 saturated carbocycles. The van der Waals surface area contributed by atoms with Gasteiger partial charge in [-0.25, -0.2) is 8.42 Å². The van der Waals surface area contributed by atoms with Gasteiger partial charge in [0.15, 0.2) is 11.5 Å². The van der Waals surface area contributed by atoms with E-state index in [2.05, 4.69) is 5.32 Å². The number of amides is 1. The Labute approximate surface area is 201 Å². The molecule has 184 valence electrons. The summed E-state index contributed by atoms with van der Waals surface area (Å²) >= 11 is 0. The molecule has 0 bridgehead atoms. The fourth-order valence-corrected chi connectivity index (χ4v) is 5.96. The highest BCUT2D eigenvalue weighted by atomic mass is 32.2. The normalized spacial score (nSPS) is 16.7. The van der Waals surface area contributed by atoms with Crippen molar-refractivity contribution in [2.45, 2.75) is 49.8 Å². The summed E-state index contributed by atoms with van der Waals surface area (Å²) < 4.78 is 44.5. The lowest BCUT2D eigenvalue weighted by Gasteiger charge is -2.26. The standard InChI is InChI=1S/C25H32N2O6S/c1-25(2,19-9-11-20-22(15-19)33-17-32-20)16-26-24(28)18-8-10-21(31-3)23(14-18)34(29,30)27-12-6-4-5-7-13-27/h8-11,14-15H,4-7,12-13,16-17H2,1-3H3,(H,26,28). The average Bonchev–Trinajstić information content (AvgIpc) is 3.13. The number of nitrogens with zero attached hydrogens (tertiary/aromatic N) is 1. The molecule has 4 rings (SSSR count). The van der Waals surface area contributed by atoms with Crippen LogP contribution in [0.4, 0.5) is 0 Å². The summed E-state index contributed by atoms with van der Waals surface area (Å²) in [6.45, 7) is 5.56. The third-order valence-corrected chi connectivity index (χ3v) is 8.37. The largest absolute Gasteiger partial charge is 0.495 e. The summed E-state index contributed by atoms with van der Waals surface area (Å²) in [5.41, 5.74) is 0.885. The molecule has 34 heavy (non-hydrogen) atoms. The van der Waals surface area contributed by atoms with E-state index in [1.807, 2.05) is 32.0 Å². The molecule has 9 heteroatoms. The Kier molecular flexibility index (Phi) is 7.04. The van der Waals surface area contributed by atoms with Gasteiger partial charge >= 0.3 is 0 Å². The van der Waals surface area contributed by atoms with Crippen molar-refractivity contribution in [1.82, 2.24) is 9.62 Å². The lowest BCUT2D eigenvalue weighted by molar-refractivity contribution is 0.0945. The fourth-order valence-electron chi connectivity index (χ4n) is 4.26. The van der Waals surface area contributed by atoms with E-state index in [9.17, 15) is 13.2 Å². The van der Waals surface area contributed by atoms with Crippen molar-refractivity contribution in [3.63, 3.8) is 0 Å². The van der Waals surface area contributed by atoms with Gasteiger partial charge in [0, 0.05) is 30.6 Å². The van der Waals surface area contributed by atoms with Gasteiger partial charge in [-0.05, 0) is 48.7 Å². The molecular weight excluding hydrogens is 456 g/mol. The lowest BCUT2D eigenvalue weighted by Crippen LogP contribution is -2.37. The predicted molar refractivity (Wildman–Crippen MR) is 128 cm³/mol. The van der Waals surface area contributed by atoms with Crippen molar-refractivity contribution >= 4 is 15.9 Å². The highest BCUT2D eigenvalue weighted by molar-refractivity contribution is 7.89. The van der Waals surface area contributed by atoms with Crippen LogP contribution < -0.4 is 19.5 Å². The van der Waals surface area contributed by atoms with Gasteiger partial charge < -0.3 is 19.5 Å². The van der Waals surface area contributed by atoms with Crippen LogP contribution in [0.2, 0.25) is 0 Å². The zero-order valence-corrected chi connectivity index (χ0v) is 20.7. The van der Waals surface area contributed by atoms with E-state index < -0.39 is 10.0 Å². The molecule has 8 nitrogen and oxygen atoms in total.